The van der Waals surface area contributed by atoms with Crippen LogP contribution in [0.3, 0.4) is 0 Å². The van der Waals surface area contributed by atoms with Gasteiger partial charge in [0.2, 0.25) is 15.8 Å². The van der Waals surface area contributed by atoms with E-state index in [1.807, 2.05) is 0 Å². The van der Waals surface area contributed by atoms with E-state index < -0.39 is 16.0 Å². The molecule has 3 rings (SSSR count). The van der Waals surface area contributed by atoms with Crippen LogP contribution in [0.4, 0.5) is 0 Å². The van der Waals surface area contributed by atoms with Gasteiger partial charge in [0.1, 0.15) is 0 Å². The Labute approximate surface area is 168 Å². The van der Waals surface area contributed by atoms with Crippen LogP contribution >= 0.6 is 0 Å². The second-order valence-electron chi connectivity index (χ2n) is 6.47. The Morgan fingerprint density at radius 2 is 2.03 bits per heavy atom. The molecule has 0 fully saturated rings. The lowest BCUT2D eigenvalue weighted by Crippen LogP contribution is -2.33. The molecule has 9 nitrogen and oxygen atoms in total. The van der Waals surface area contributed by atoms with Gasteiger partial charge in [0.05, 0.1) is 10.5 Å². The van der Waals surface area contributed by atoms with Gasteiger partial charge in [-0.05, 0) is 44.2 Å². The molecule has 0 spiro atoms. The predicted octanol–water partition coefficient (Wildman–Crippen LogP) is 2.52. The maximum Gasteiger partial charge on any atom is 0.338 e. The van der Waals surface area contributed by atoms with Crippen molar-refractivity contribution in [2.45, 2.75) is 31.4 Å². The van der Waals surface area contributed by atoms with Gasteiger partial charge in [0.15, 0.2) is 6.61 Å². The molecule has 0 aliphatic carbocycles. The highest BCUT2D eigenvalue weighted by molar-refractivity contribution is 7.89. The van der Waals surface area contributed by atoms with Gasteiger partial charge in [0, 0.05) is 31.0 Å². The molecule has 29 heavy (non-hydrogen) atoms. The Hall–Kier alpha value is -3.11. The van der Waals surface area contributed by atoms with Gasteiger partial charge in [-0.3, -0.25) is 4.98 Å². The van der Waals surface area contributed by atoms with Gasteiger partial charge >= 0.3 is 5.97 Å². The van der Waals surface area contributed by atoms with E-state index in [2.05, 4.69) is 15.1 Å². The van der Waals surface area contributed by atoms with Crippen molar-refractivity contribution in [1.29, 1.82) is 0 Å². The van der Waals surface area contributed by atoms with Crippen molar-refractivity contribution in [3.05, 3.63) is 60.2 Å². The first-order valence-electron chi connectivity index (χ1n) is 8.77. The molecule has 10 heteroatoms. The van der Waals surface area contributed by atoms with E-state index in [1.165, 1.54) is 35.6 Å². The highest BCUT2D eigenvalue weighted by Crippen LogP contribution is 2.19. The molecule has 0 bridgehead atoms. The molecule has 0 atom stereocenters. The van der Waals surface area contributed by atoms with Crippen LogP contribution in [0.1, 0.15) is 30.1 Å². The molecule has 2 aromatic heterocycles. The summed E-state index contributed by atoms with van der Waals surface area (Å²) in [5.74, 6) is -0.259. The first kappa shape index (κ1) is 20.6. The van der Waals surface area contributed by atoms with E-state index >= 15 is 0 Å². The van der Waals surface area contributed by atoms with E-state index in [0.717, 1.165) is 0 Å². The fourth-order valence-corrected chi connectivity index (χ4v) is 3.78. The second-order valence-corrected chi connectivity index (χ2v) is 8.47. The molecule has 0 radical (unpaired) electrons. The molecule has 0 N–H and O–H groups in total. The number of sulfonamides is 1. The zero-order valence-electron chi connectivity index (χ0n) is 16.1. The molecule has 0 amide bonds. The first-order chi connectivity index (χ1) is 13.8. The molecular weight excluding hydrogens is 396 g/mol. The van der Waals surface area contributed by atoms with Gasteiger partial charge in [-0.15, -0.1) is 0 Å². The maximum atomic E-state index is 12.6. The van der Waals surface area contributed by atoms with Crippen LogP contribution in [-0.2, 0) is 21.4 Å². The normalized spacial score (nSPS) is 11.8. The van der Waals surface area contributed by atoms with E-state index in [0.29, 0.717) is 11.4 Å². The van der Waals surface area contributed by atoms with Crippen LogP contribution in [0.2, 0.25) is 0 Å². The van der Waals surface area contributed by atoms with Gasteiger partial charge in [-0.25, -0.2) is 13.2 Å². The predicted molar refractivity (Wildman–Crippen MR) is 103 cm³/mol. The van der Waals surface area contributed by atoms with Crippen molar-refractivity contribution < 1.29 is 22.5 Å². The molecule has 152 valence electrons. The van der Waals surface area contributed by atoms with Gasteiger partial charge in [-0.1, -0.05) is 11.2 Å². The molecule has 3 aromatic rings. The van der Waals surface area contributed by atoms with Crippen LogP contribution in [0.25, 0.3) is 11.4 Å². The zero-order chi connectivity index (χ0) is 21.0. The van der Waals surface area contributed by atoms with Crippen LogP contribution < -0.4 is 0 Å². The third-order valence-corrected chi connectivity index (χ3v) is 6.22. The quantitative estimate of drug-likeness (QED) is 0.540. The number of esters is 1. The largest absolute Gasteiger partial charge is 0.452 e. The van der Waals surface area contributed by atoms with Gasteiger partial charge < -0.3 is 9.26 Å². The Balaban J connectivity index is 1.70. The Kier molecular flexibility index (Phi) is 6.04. The van der Waals surface area contributed by atoms with E-state index in [9.17, 15) is 13.2 Å². The number of pyridine rings is 1. The number of nitrogens with zero attached hydrogens (tertiary/aromatic N) is 4. The van der Waals surface area contributed by atoms with E-state index in [1.54, 1.807) is 38.4 Å². The highest BCUT2D eigenvalue weighted by Gasteiger charge is 2.24. The van der Waals surface area contributed by atoms with Crippen molar-refractivity contribution in [1.82, 2.24) is 19.4 Å². The summed E-state index contributed by atoms with van der Waals surface area (Å²) in [6.45, 7) is 3.29. The summed E-state index contributed by atoms with van der Waals surface area (Å²) in [4.78, 5) is 20.5. The van der Waals surface area contributed by atoms with Crippen LogP contribution in [0, 0.1) is 0 Å². The summed E-state index contributed by atoms with van der Waals surface area (Å²) >= 11 is 0. The van der Waals surface area contributed by atoms with Crippen LogP contribution in [0.5, 0.6) is 0 Å². The van der Waals surface area contributed by atoms with Crippen molar-refractivity contribution in [3.8, 4) is 11.4 Å². The number of carbonyl (C=O) groups is 1. The molecular formula is C19H20N4O5S. The molecule has 1 aromatic carbocycles. The minimum Gasteiger partial charge on any atom is -0.452 e. The lowest BCUT2D eigenvalue weighted by atomic mass is 10.2. The van der Waals surface area contributed by atoms with Crippen molar-refractivity contribution >= 4 is 16.0 Å². The lowest BCUT2D eigenvalue weighted by Gasteiger charge is -2.21. The third-order valence-electron chi connectivity index (χ3n) is 4.19. The minimum atomic E-state index is -3.71. The Bertz CT molecular complexity index is 1100. The van der Waals surface area contributed by atoms with Crippen molar-refractivity contribution in [2.24, 2.45) is 0 Å². The number of hydrogen-bond donors (Lipinski definition) is 0. The molecule has 0 aliphatic heterocycles. The maximum absolute atomic E-state index is 12.6. The zero-order valence-corrected chi connectivity index (χ0v) is 17.0. The summed E-state index contributed by atoms with van der Waals surface area (Å²) in [5.41, 5.74) is 0.774. The Morgan fingerprint density at radius 1 is 1.24 bits per heavy atom. The SMILES string of the molecule is CC(C)N(C)S(=O)(=O)c1cccc(C(=O)OCc2nc(-c3cccnc3)no2)c1. The molecule has 0 unspecified atom stereocenters. The van der Waals surface area contributed by atoms with Gasteiger partial charge in [0.25, 0.3) is 5.89 Å². The van der Waals surface area contributed by atoms with Crippen molar-refractivity contribution in [2.75, 3.05) is 7.05 Å². The average molecular weight is 416 g/mol. The molecule has 0 saturated heterocycles. The Morgan fingerprint density at radius 3 is 2.72 bits per heavy atom. The standard InChI is InChI=1S/C19H20N4O5S/c1-13(2)23(3)29(25,26)16-8-4-6-14(10-16)19(24)27-12-17-21-18(22-28-17)15-7-5-9-20-11-15/h4-11,13H,12H2,1-3H3. The first-order valence-corrected chi connectivity index (χ1v) is 10.2. The van der Waals surface area contributed by atoms with E-state index in [4.69, 9.17) is 9.26 Å². The molecule has 0 aliphatic rings. The second kappa shape index (κ2) is 8.50. The number of aromatic nitrogens is 3. The lowest BCUT2D eigenvalue weighted by molar-refractivity contribution is 0.0429. The number of carbonyl (C=O) groups excluding carboxylic acids is 1. The summed E-state index contributed by atoms with van der Waals surface area (Å²) in [6.07, 6.45) is 3.21. The van der Waals surface area contributed by atoms with Gasteiger partial charge in [-0.2, -0.15) is 9.29 Å². The summed E-state index contributed by atoms with van der Waals surface area (Å²) < 4.78 is 36.7. The topological polar surface area (TPSA) is 115 Å². The number of hydrogen-bond acceptors (Lipinski definition) is 8. The summed E-state index contributed by atoms with van der Waals surface area (Å²) in [7, 11) is -2.22. The fraction of sp³-hybridized carbons (Fsp3) is 0.263. The highest BCUT2D eigenvalue weighted by atomic mass is 32.2. The third kappa shape index (κ3) is 4.66. The molecule has 0 saturated carbocycles. The summed E-state index contributed by atoms with van der Waals surface area (Å²) in [6, 6.07) is 8.98. The van der Waals surface area contributed by atoms with Crippen molar-refractivity contribution in [3.63, 3.8) is 0 Å². The van der Waals surface area contributed by atoms with Crippen LogP contribution in [0.15, 0.2) is 58.2 Å². The average Bonchev–Trinajstić information content (AvgIpc) is 3.21. The smallest absolute Gasteiger partial charge is 0.338 e. The summed E-state index contributed by atoms with van der Waals surface area (Å²) in [5, 5.41) is 3.82. The fourth-order valence-electron chi connectivity index (χ4n) is 2.36. The minimum absolute atomic E-state index is 0.0137. The number of ether oxygens (including phenoxy) is 1. The molecule has 2 heterocycles. The van der Waals surface area contributed by atoms with E-state index in [-0.39, 0.29) is 29.0 Å². The number of rotatable bonds is 7. The number of benzene rings is 1. The van der Waals surface area contributed by atoms with Crippen LogP contribution in [-0.4, -0.2) is 46.9 Å². The monoisotopic (exact) mass is 416 g/mol.